The van der Waals surface area contributed by atoms with Crippen molar-refractivity contribution in [2.45, 2.75) is 34.2 Å². The maximum atomic E-state index is 13.0. The van der Waals surface area contributed by atoms with Crippen LogP contribution in [-0.4, -0.2) is 27.2 Å². The first-order valence-corrected chi connectivity index (χ1v) is 11.4. The number of thioether (sulfide) groups is 1. The Kier molecular flexibility index (Phi) is 6.24. The van der Waals surface area contributed by atoms with E-state index in [9.17, 15) is 9.59 Å². The van der Waals surface area contributed by atoms with Crippen LogP contribution in [0.15, 0.2) is 59.5 Å². The molecule has 0 bridgehead atoms. The van der Waals surface area contributed by atoms with Gasteiger partial charge >= 0.3 is 0 Å². The van der Waals surface area contributed by atoms with Crippen molar-refractivity contribution < 1.29 is 14.3 Å². The number of aryl methyl sites for hydroxylation is 2. The van der Waals surface area contributed by atoms with Gasteiger partial charge in [0.2, 0.25) is 0 Å². The zero-order valence-corrected chi connectivity index (χ0v) is 19.5. The fraction of sp³-hybridized carbons (Fsp3) is 0.231. The van der Waals surface area contributed by atoms with E-state index in [4.69, 9.17) is 4.74 Å². The van der Waals surface area contributed by atoms with Gasteiger partial charge in [0, 0.05) is 17.1 Å². The van der Waals surface area contributed by atoms with Crippen LogP contribution in [0.25, 0.3) is 11.8 Å². The van der Waals surface area contributed by atoms with Gasteiger partial charge in [-0.3, -0.25) is 14.5 Å². The summed E-state index contributed by atoms with van der Waals surface area (Å²) in [5.74, 6) is 0.590. The molecule has 2 heterocycles. The lowest BCUT2D eigenvalue weighted by Crippen LogP contribution is -2.27. The largest absolute Gasteiger partial charge is 0.494 e. The highest BCUT2D eigenvalue weighted by atomic mass is 32.2. The summed E-state index contributed by atoms with van der Waals surface area (Å²) in [6.45, 7) is 8.94. The molecule has 0 saturated carbocycles. The van der Waals surface area contributed by atoms with E-state index in [2.05, 4.69) is 4.57 Å². The second kappa shape index (κ2) is 9.09. The third-order valence-electron chi connectivity index (χ3n) is 5.50. The number of carbonyl (C=O) groups is 2. The zero-order chi connectivity index (χ0) is 22.8. The Bertz CT molecular complexity index is 1190. The molecule has 0 atom stereocenters. The summed E-state index contributed by atoms with van der Waals surface area (Å²) in [4.78, 5) is 27.3. The van der Waals surface area contributed by atoms with E-state index in [1.54, 1.807) is 0 Å². The van der Waals surface area contributed by atoms with Crippen molar-refractivity contribution in [3.63, 3.8) is 0 Å². The third-order valence-corrected chi connectivity index (χ3v) is 6.41. The molecule has 0 unspecified atom stereocenters. The Labute approximate surface area is 192 Å². The predicted molar refractivity (Wildman–Crippen MR) is 129 cm³/mol. The minimum absolute atomic E-state index is 0.234. The summed E-state index contributed by atoms with van der Waals surface area (Å²) >= 11 is 0.999. The monoisotopic (exact) mass is 446 g/mol. The zero-order valence-electron chi connectivity index (χ0n) is 18.7. The number of amides is 2. The van der Waals surface area contributed by atoms with Gasteiger partial charge in [-0.05, 0) is 87.0 Å². The number of hydrogen-bond donors (Lipinski definition) is 0. The number of imide groups is 1. The molecule has 164 valence electrons. The summed E-state index contributed by atoms with van der Waals surface area (Å²) in [6.07, 6.45) is 1.83. The number of carbonyl (C=O) groups excluding carboxylic acids is 2. The molecule has 1 fully saturated rings. The van der Waals surface area contributed by atoms with E-state index in [1.165, 1.54) is 4.90 Å². The van der Waals surface area contributed by atoms with Gasteiger partial charge in [0.1, 0.15) is 5.75 Å². The van der Waals surface area contributed by atoms with Gasteiger partial charge in [0.25, 0.3) is 11.1 Å². The molecule has 2 amide bonds. The van der Waals surface area contributed by atoms with Crippen molar-refractivity contribution in [1.82, 2.24) is 9.47 Å². The van der Waals surface area contributed by atoms with Gasteiger partial charge in [-0.25, -0.2) is 0 Å². The molecule has 3 aromatic rings. The first-order valence-electron chi connectivity index (χ1n) is 10.6. The molecule has 0 radical (unpaired) electrons. The number of aromatic nitrogens is 1. The second-order valence-corrected chi connectivity index (χ2v) is 8.84. The van der Waals surface area contributed by atoms with Gasteiger partial charge in [-0.1, -0.05) is 29.8 Å². The van der Waals surface area contributed by atoms with Crippen LogP contribution in [-0.2, 0) is 11.3 Å². The number of hydrogen-bond acceptors (Lipinski definition) is 4. The maximum absolute atomic E-state index is 13.0. The molecule has 32 heavy (non-hydrogen) atoms. The Balaban J connectivity index is 1.58. The van der Waals surface area contributed by atoms with Gasteiger partial charge in [0.15, 0.2) is 0 Å². The Morgan fingerprint density at radius 2 is 1.66 bits per heavy atom. The van der Waals surface area contributed by atoms with Crippen molar-refractivity contribution in [2.75, 3.05) is 6.61 Å². The van der Waals surface area contributed by atoms with Crippen LogP contribution in [0.3, 0.4) is 0 Å². The van der Waals surface area contributed by atoms with Gasteiger partial charge in [0.05, 0.1) is 18.1 Å². The Hall–Kier alpha value is -3.25. The van der Waals surface area contributed by atoms with Crippen molar-refractivity contribution in [2.24, 2.45) is 0 Å². The van der Waals surface area contributed by atoms with Gasteiger partial charge in [-0.2, -0.15) is 0 Å². The predicted octanol–water partition coefficient (Wildman–Crippen LogP) is 6.04. The first kappa shape index (κ1) is 22.0. The SMILES string of the molecule is CCOc1ccc(-n2c(C)cc(/C=C3\SC(=O)N(Cc4ccc(C)cc4)C3=O)c2C)cc1. The van der Waals surface area contributed by atoms with Crippen LogP contribution in [0.1, 0.15) is 35.0 Å². The normalized spacial score (nSPS) is 15.1. The summed E-state index contributed by atoms with van der Waals surface area (Å²) in [5.41, 5.74) is 6.10. The molecule has 1 aliphatic rings. The highest BCUT2D eigenvalue weighted by Crippen LogP contribution is 2.34. The van der Waals surface area contributed by atoms with Crippen LogP contribution < -0.4 is 4.74 Å². The highest BCUT2D eigenvalue weighted by Gasteiger charge is 2.35. The summed E-state index contributed by atoms with van der Waals surface area (Å²) < 4.78 is 7.67. The lowest BCUT2D eigenvalue weighted by atomic mass is 10.1. The molecule has 2 aromatic carbocycles. The van der Waals surface area contributed by atoms with Crippen molar-refractivity contribution in [1.29, 1.82) is 0 Å². The molecule has 0 N–H and O–H groups in total. The number of nitrogens with zero attached hydrogens (tertiary/aromatic N) is 2. The molecular formula is C26H26N2O3S. The molecule has 1 aliphatic heterocycles. The number of ether oxygens (including phenoxy) is 1. The van der Waals surface area contributed by atoms with Gasteiger partial charge in [-0.15, -0.1) is 0 Å². The van der Waals surface area contributed by atoms with Crippen LogP contribution in [0.5, 0.6) is 5.75 Å². The van der Waals surface area contributed by atoms with E-state index < -0.39 is 0 Å². The van der Waals surface area contributed by atoms with E-state index in [1.807, 2.05) is 88.4 Å². The standard InChI is InChI=1S/C26H26N2O3S/c1-5-31-23-12-10-22(11-13-23)28-18(3)14-21(19(28)4)15-24-25(29)27(26(30)32-24)16-20-8-6-17(2)7-9-20/h6-15H,5,16H2,1-4H3/b24-15-. The lowest BCUT2D eigenvalue weighted by Gasteiger charge is -2.12. The van der Waals surface area contributed by atoms with Gasteiger partial charge < -0.3 is 9.30 Å². The van der Waals surface area contributed by atoms with E-state index in [-0.39, 0.29) is 17.7 Å². The van der Waals surface area contributed by atoms with Crippen LogP contribution in [0, 0.1) is 20.8 Å². The molecule has 1 aromatic heterocycles. The fourth-order valence-corrected chi connectivity index (χ4v) is 4.67. The first-order chi connectivity index (χ1) is 15.4. The second-order valence-electron chi connectivity index (χ2n) is 7.84. The summed E-state index contributed by atoms with van der Waals surface area (Å²) in [7, 11) is 0. The molecule has 6 heteroatoms. The van der Waals surface area contributed by atoms with Crippen molar-refractivity contribution in [3.8, 4) is 11.4 Å². The van der Waals surface area contributed by atoms with Crippen LogP contribution in [0.4, 0.5) is 4.79 Å². The molecule has 5 nitrogen and oxygen atoms in total. The number of rotatable bonds is 6. The van der Waals surface area contributed by atoms with Crippen LogP contribution in [0.2, 0.25) is 0 Å². The smallest absolute Gasteiger partial charge is 0.293 e. The van der Waals surface area contributed by atoms with E-state index in [0.717, 1.165) is 51.3 Å². The number of benzene rings is 2. The molecule has 0 aliphatic carbocycles. The van der Waals surface area contributed by atoms with E-state index in [0.29, 0.717) is 11.5 Å². The van der Waals surface area contributed by atoms with Crippen LogP contribution >= 0.6 is 11.8 Å². The van der Waals surface area contributed by atoms with E-state index >= 15 is 0 Å². The lowest BCUT2D eigenvalue weighted by molar-refractivity contribution is -0.123. The molecule has 1 saturated heterocycles. The Morgan fingerprint density at radius 1 is 0.969 bits per heavy atom. The Morgan fingerprint density at radius 3 is 2.31 bits per heavy atom. The molecule has 4 rings (SSSR count). The third kappa shape index (κ3) is 4.36. The molecule has 0 spiro atoms. The maximum Gasteiger partial charge on any atom is 0.293 e. The fourth-order valence-electron chi connectivity index (χ4n) is 3.84. The summed E-state index contributed by atoms with van der Waals surface area (Å²) in [6, 6.07) is 17.9. The topological polar surface area (TPSA) is 51.5 Å². The minimum Gasteiger partial charge on any atom is -0.494 e. The highest BCUT2D eigenvalue weighted by molar-refractivity contribution is 8.18. The van der Waals surface area contributed by atoms with Crippen molar-refractivity contribution >= 4 is 29.0 Å². The quantitative estimate of drug-likeness (QED) is 0.433. The molecular weight excluding hydrogens is 420 g/mol. The summed E-state index contributed by atoms with van der Waals surface area (Å²) in [5, 5.41) is -0.234. The minimum atomic E-state index is -0.244. The average Bonchev–Trinajstić information content (AvgIpc) is 3.20. The average molecular weight is 447 g/mol. The van der Waals surface area contributed by atoms with Crippen molar-refractivity contribution in [3.05, 3.63) is 87.6 Å².